The van der Waals surface area contributed by atoms with Gasteiger partial charge in [-0.2, -0.15) is 0 Å². The Hall–Kier alpha value is -0.370. The van der Waals surface area contributed by atoms with Gasteiger partial charge in [-0.1, -0.05) is 0 Å². The van der Waals surface area contributed by atoms with E-state index in [4.69, 9.17) is 11.6 Å². The molecule has 0 spiro atoms. The molecule has 1 rings (SSSR count). The van der Waals surface area contributed by atoms with Gasteiger partial charge in [0.2, 0.25) is 0 Å². The van der Waals surface area contributed by atoms with Crippen molar-refractivity contribution in [2.24, 2.45) is 9.98 Å². The first kappa shape index (κ1) is 5.76. The highest BCUT2D eigenvalue weighted by molar-refractivity contribution is 6.20. The molecule has 1 heterocycles. The SMILES string of the molecule is CC1(CCl)C=NC=N1. The van der Waals surface area contributed by atoms with Gasteiger partial charge in [-0.3, -0.25) is 4.99 Å². The topological polar surface area (TPSA) is 24.7 Å². The Kier molecular flexibility index (Phi) is 1.34. The standard InChI is InChI=1S/C5H7ClN2/c1-5(2-6)3-7-4-8-5/h3-4H,2H2,1H3. The summed E-state index contributed by atoms with van der Waals surface area (Å²) in [6, 6.07) is 0. The molecule has 0 aromatic heterocycles. The Labute approximate surface area is 53.3 Å². The van der Waals surface area contributed by atoms with E-state index < -0.39 is 0 Å². The minimum absolute atomic E-state index is 0.221. The van der Waals surface area contributed by atoms with Gasteiger partial charge in [-0.25, -0.2) is 4.99 Å². The molecule has 0 bridgehead atoms. The van der Waals surface area contributed by atoms with Crippen LogP contribution in [-0.4, -0.2) is 24.0 Å². The molecule has 1 atom stereocenters. The van der Waals surface area contributed by atoms with Gasteiger partial charge in [-0.15, -0.1) is 11.6 Å². The summed E-state index contributed by atoms with van der Waals surface area (Å²) in [7, 11) is 0. The van der Waals surface area contributed by atoms with Crippen molar-refractivity contribution in [2.75, 3.05) is 5.88 Å². The highest BCUT2D eigenvalue weighted by atomic mass is 35.5. The largest absolute Gasteiger partial charge is 0.260 e. The average molecular weight is 131 g/mol. The normalized spacial score (nSPS) is 34.2. The minimum Gasteiger partial charge on any atom is -0.260 e. The van der Waals surface area contributed by atoms with Gasteiger partial charge in [0.05, 0.1) is 5.88 Å². The van der Waals surface area contributed by atoms with Gasteiger partial charge >= 0.3 is 0 Å². The maximum atomic E-state index is 5.54. The van der Waals surface area contributed by atoms with E-state index in [-0.39, 0.29) is 5.54 Å². The van der Waals surface area contributed by atoms with Crippen LogP contribution in [0.15, 0.2) is 9.98 Å². The zero-order valence-electron chi connectivity index (χ0n) is 4.63. The molecule has 0 aromatic carbocycles. The fourth-order valence-electron chi connectivity index (χ4n) is 0.461. The molecule has 0 aliphatic carbocycles. The highest BCUT2D eigenvalue weighted by Gasteiger charge is 2.20. The van der Waals surface area contributed by atoms with E-state index in [1.165, 1.54) is 6.34 Å². The number of aliphatic imine (C=N–C) groups is 2. The second-order valence-corrected chi connectivity index (χ2v) is 2.28. The molecule has 0 saturated heterocycles. The molecule has 44 valence electrons. The number of rotatable bonds is 1. The summed E-state index contributed by atoms with van der Waals surface area (Å²) in [5, 5.41) is 0. The molecule has 0 aromatic rings. The Morgan fingerprint density at radius 2 is 2.50 bits per heavy atom. The van der Waals surface area contributed by atoms with E-state index in [0.717, 1.165) is 0 Å². The third-order valence-corrected chi connectivity index (χ3v) is 1.58. The predicted molar refractivity (Wildman–Crippen MR) is 36.1 cm³/mol. The molecule has 3 heteroatoms. The fourth-order valence-corrected chi connectivity index (χ4v) is 0.599. The summed E-state index contributed by atoms with van der Waals surface area (Å²) in [6.45, 7) is 1.94. The van der Waals surface area contributed by atoms with Crippen molar-refractivity contribution in [1.82, 2.24) is 0 Å². The number of nitrogens with zero attached hydrogens (tertiary/aromatic N) is 2. The Bertz CT molecular complexity index is 127. The maximum Gasteiger partial charge on any atom is 0.110 e. The van der Waals surface area contributed by atoms with Crippen LogP contribution < -0.4 is 0 Å². The summed E-state index contributed by atoms with van der Waals surface area (Å²) >= 11 is 5.54. The molecular weight excluding hydrogens is 124 g/mol. The molecule has 2 nitrogen and oxygen atoms in total. The first-order valence-electron chi connectivity index (χ1n) is 2.41. The molecule has 0 amide bonds. The molecule has 1 aliphatic rings. The average Bonchev–Trinajstić information content (AvgIpc) is 2.17. The van der Waals surface area contributed by atoms with E-state index in [1.54, 1.807) is 6.21 Å². The molecular formula is C5H7ClN2. The van der Waals surface area contributed by atoms with Crippen molar-refractivity contribution < 1.29 is 0 Å². The molecule has 1 unspecified atom stereocenters. The monoisotopic (exact) mass is 130 g/mol. The molecule has 0 N–H and O–H groups in total. The van der Waals surface area contributed by atoms with E-state index in [9.17, 15) is 0 Å². The van der Waals surface area contributed by atoms with Gasteiger partial charge in [0.15, 0.2) is 0 Å². The van der Waals surface area contributed by atoms with Crippen molar-refractivity contribution in [1.29, 1.82) is 0 Å². The predicted octanol–water partition coefficient (Wildman–Crippen LogP) is 1.10. The van der Waals surface area contributed by atoms with Crippen molar-refractivity contribution >= 4 is 24.2 Å². The number of hydrogen-bond acceptors (Lipinski definition) is 2. The lowest BCUT2D eigenvalue weighted by Gasteiger charge is -2.09. The molecule has 1 aliphatic heterocycles. The highest BCUT2D eigenvalue weighted by Crippen LogP contribution is 2.11. The van der Waals surface area contributed by atoms with Crippen LogP contribution in [0.2, 0.25) is 0 Å². The molecule has 0 saturated carbocycles. The molecule has 8 heavy (non-hydrogen) atoms. The first-order chi connectivity index (χ1) is 3.77. The number of alkyl halides is 1. The zero-order valence-corrected chi connectivity index (χ0v) is 5.39. The van der Waals surface area contributed by atoms with Crippen LogP contribution in [-0.2, 0) is 0 Å². The van der Waals surface area contributed by atoms with E-state index in [2.05, 4.69) is 9.98 Å². The lowest BCUT2D eigenvalue weighted by atomic mass is 10.1. The van der Waals surface area contributed by atoms with Gasteiger partial charge in [-0.05, 0) is 6.92 Å². The Balaban J connectivity index is 2.69. The summed E-state index contributed by atoms with van der Waals surface area (Å²) in [6.07, 6.45) is 3.28. The number of halogens is 1. The summed E-state index contributed by atoms with van der Waals surface area (Å²) in [4.78, 5) is 7.81. The van der Waals surface area contributed by atoms with Crippen LogP contribution in [0, 0.1) is 0 Å². The van der Waals surface area contributed by atoms with Crippen molar-refractivity contribution in [3.05, 3.63) is 0 Å². The summed E-state index contributed by atoms with van der Waals surface area (Å²) in [5.74, 6) is 0.507. The van der Waals surface area contributed by atoms with Crippen molar-refractivity contribution in [2.45, 2.75) is 12.5 Å². The second-order valence-electron chi connectivity index (χ2n) is 2.01. The van der Waals surface area contributed by atoms with Crippen LogP contribution >= 0.6 is 11.6 Å². The third kappa shape index (κ3) is 0.892. The van der Waals surface area contributed by atoms with E-state index in [1.807, 2.05) is 6.92 Å². The molecule has 0 fully saturated rings. The molecule has 0 radical (unpaired) electrons. The smallest absolute Gasteiger partial charge is 0.110 e. The quantitative estimate of drug-likeness (QED) is 0.475. The number of hydrogen-bond donors (Lipinski definition) is 0. The van der Waals surface area contributed by atoms with E-state index in [0.29, 0.717) is 5.88 Å². The summed E-state index contributed by atoms with van der Waals surface area (Å²) < 4.78 is 0. The fraction of sp³-hybridized carbons (Fsp3) is 0.600. The lowest BCUT2D eigenvalue weighted by Crippen LogP contribution is -2.22. The van der Waals surface area contributed by atoms with Crippen LogP contribution in [0.25, 0.3) is 0 Å². The van der Waals surface area contributed by atoms with Crippen molar-refractivity contribution in [3.8, 4) is 0 Å². The Morgan fingerprint density at radius 1 is 1.75 bits per heavy atom. The van der Waals surface area contributed by atoms with Crippen LogP contribution in [0.3, 0.4) is 0 Å². The Morgan fingerprint density at radius 3 is 2.75 bits per heavy atom. The lowest BCUT2D eigenvalue weighted by molar-refractivity contribution is 0.741. The van der Waals surface area contributed by atoms with Crippen molar-refractivity contribution in [3.63, 3.8) is 0 Å². The van der Waals surface area contributed by atoms with Gasteiger partial charge in [0, 0.05) is 6.21 Å². The van der Waals surface area contributed by atoms with Crippen LogP contribution in [0.4, 0.5) is 0 Å². The van der Waals surface area contributed by atoms with E-state index >= 15 is 0 Å². The van der Waals surface area contributed by atoms with Gasteiger partial charge in [0.25, 0.3) is 0 Å². The van der Waals surface area contributed by atoms with Gasteiger partial charge in [0.1, 0.15) is 11.9 Å². The zero-order chi connectivity index (χ0) is 6.04. The third-order valence-electron chi connectivity index (χ3n) is 1.04. The summed E-state index contributed by atoms with van der Waals surface area (Å²) in [5.41, 5.74) is -0.221. The van der Waals surface area contributed by atoms with Gasteiger partial charge < -0.3 is 0 Å². The first-order valence-corrected chi connectivity index (χ1v) is 2.94. The second kappa shape index (κ2) is 1.86. The maximum absolute atomic E-state index is 5.54. The van der Waals surface area contributed by atoms with Crippen LogP contribution in [0.1, 0.15) is 6.92 Å². The van der Waals surface area contributed by atoms with Crippen LogP contribution in [0.5, 0.6) is 0 Å². The minimum atomic E-state index is -0.221.